The zero-order chi connectivity index (χ0) is 24.9. The van der Waals surface area contributed by atoms with Crippen molar-refractivity contribution >= 4 is 11.7 Å². The van der Waals surface area contributed by atoms with Gasteiger partial charge in [-0.3, -0.25) is 9.59 Å². The van der Waals surface area contributed by atoms with Gasteiger partial charge in [-0.15, -0.1) is 0 Å². The Bertz CT molecular complexity index is 709. The molecule has 192 valence electrons. The van der Waals surface area contributed by atoms with Crippen molar-refractivity contribution in [1.82, 2.24) is 5.32 Å². The van der Waals surface area contributed by atoms with Crippen molar-refractivity contribution in [2.24, 2.45) is 23.7 Å². The van der Waals surface area contributed by atoms with Gasteiger partial charge in [-0.1, -0.05) is 62.6 Å². The lowest BCUT2D eigenvalue weighted by atomic mass is 9.78. The van der Waals surface area contributed by atoms with E-state index in [1.54, 1.807) is 0 Å². The van der Waals surface area contributed by atoms with Crippen LogP contribution < -0.4 is 5.32 Å². The summed E-state index contributed by atoms with van der Waals surface area (Å²) in [6.07, 6.45) is 16.7. The SMILES string of the molecule is C=C(C=CC=CC)CCC(O)CC(C)C1C(=O)CC(O)C1CCCCCCC(=O)NCC1CC1. The molecule has 0 aliphatic heterocycles. The summed E-state index contributed by atoms with van der Waals surface area (Å²) in [6.45, 7) is 8.87. The predicted molar refractivity (Wildman–Crippen MR) is 138 cm³/mol. The number of aliphatic hydroxyl groups is 2. The van der Waals surface area contributed by atoms with Gasteiger partial charge < -0.3 is 15.5 Å². The number of hydrogen-bond acceptors (Lipinski definition) is 4. The van der Waals surface area contributed by atoms with E-state index in [4.69, 9.17) is 0 Å². The molecule has 1 amide bonds. The average molecular weight is 474 g/mol. The van der Waals surface area contributed by atoms with Crippen LogP contribution in [0.5, 0.6) is 0 Å². The van der Waals surface area contributed by atoms with Crippen LogP contribution in [0.25, 0.3) is 0 Å². The third-order valence-electron chi connectivity index (χ3n) is 7.40. The summed E-state index contributed by atoms with van der Waals surface area (Å²) in [5, 5.41) is 24.1. The Kier molecular flexibility index (Phi) is 12.8. The fraction of sp³-hybridized carbons (Fsp3) is 0.724. The molecule has 0 saturated heterocycles. The van der Waals surface area contributed by atoms with Crippen molar-refractivity contribution in [2.75, 3.05) is 6.54 Å². The minimum atomic E-state index is -0.568. The molecule has 2 fully saturated rings. The molecular weight excluding hydrogens is 426 g/mol. The Hall–Kier alpha value is -1.72. The van der Waals surface area contributed by atoms with E-state index in [1.807, 2.05) is 38.2 Å². The number of allylic oxidation sites excluding steroid dienone is 5. The molecule has 0 heterocycles. The van der Waals surface area contributed by atoms with Crippen LogP contribution in [0.1, 0.15) is 90.9 Å². The molecule has 0 bridgehead atoms. The predicted octanol–water partition coefficient (Wildman–Crippen LogP) is 5.28. The molecule has 2 aliphatic rings. The summed E-state index contributed by atoms with van der Waals surface area (Å²) in [5.41, 5.74) is 0.982. The first-order chi connectivity index (χ1) is 16.3. The topological polar surface area (TPSA) is 86.6 Å². The third-order valence-corrected chi connectivity index (χ3v) is 7.40. The van der Waals surface area contributed by atoms with Gasteiger partial charge in [0.25, 0.3) is 0 Å². The van der Waals surface area contributed by atoms with Gasteiger partial charge in [-0.25, -0.2) is 0 Å². The minimum Gasteiger partial charge on any atom is -0.393 e. The first kappa shape index (κ1) is 28.5. The summed E-state index contributed by atoms with van der Waals surface area (Å²) in [4.78, 5) is 24.5. The van der Waals surface area contributed by atoms with Crippen LogP contribution in [-0.2, 0) is 9.59 Å². The monoisotopic (exact) mass is 473 g/mol. The standard InChI is InChI=1S/C29H47NO4/c1-4-5-8-11-21(2)14-17-24(31)18-22(3)29-25(26(32)19-27(29)33)12-9-6-7-10-13-28(34)30-20-23-15-16-23/h4-5,8,11,22-26,29,31-32H,2,6-7,9-10,12-20H2,1,3H3,(H,30,34). The number of amides is 1. The summed E-state index contributed by atoms with van der Waals surface area (Å²) in [5.74, 6) is 0.875. The minimum absolute atomic E-state index is 0.0183. The van der Waals surface area contributed by atoms with Gasteiger partial charge in [-0.05, 0) is 69.6 Å². The lowest BCUT2D eigenvalue weighted by Crippen LogP contribution is -2.28. The zero-order valence-corrected chi connectivity index (χ0v) is 21.4. The Morgan fingerprint density at radius 3 is 2.62 bits per heavy atom. The molecule has 5 atom stereocenters. The molecule has 5 nitrogen and oxygen atoms in total. The zero-order valence-electron chi connectivity index (χ0n) is 21.4. The third kappa shape index (κ3) is 10.7. The average Bonchev–Trinajstić information content (AvgIpc) is 3.57. The van der Waals surface area contributed by atoms with Crippen LogP contribution in [0.4, 0.5) is 0 Å². The second-order valence-corrected chi connectivity index (χ2v) is 10.6. The van der Waals surface area contributed by atoms with E-state index in [0.717, 1.165) is 50.6 Å². The molecule has 0 aromatic carbocycles. The van der Waals surface area contributed by atoms with E-state index >= 15 is 0 Å². The fourth-order valence-corrected chi connectivity index (χ4v) is 5.20. The lowest BCUT2D eigenvalue weighted by molar-refractivity contribution is -0.123. The van der Waals surface area contributed by atoms with Gasteiger partial charge >= 0.3 is 0 Å². The first-order valence-electron chi connectivity index (χ1n) is 13.4. The molecule has 0 radical (unpaired) electrons. The lowest BCUT2D eigenvalue weighted by Gasteiger charge is -2.27. The van der Waals surface area contributed by atoms with Crippen LogP contribution >= 0.6 is 0 Å². The Balaban J connectivity index is 1.67. The van der Waals surface area contributed by atoms with Gasteiger partial charge in [0, 0.05) is 25.3 Å². The highest BCUT2D eigenvalue weighted by atomic mass is 16.3. The van der Waals surface area contributed by atoms with Gasteiger partial charge in [0.15, 0.2) is 0 Å². The molecule has 3 N–H and O–H groups in total. The van der Waals surface area contributed by atoms with E-state index in [0.29, 0.717) is 25.2 Å². The molecule has 0 aromatic heterocycles. The van der Waals surface area contributed by atoms with Gasteiger partial charge in [0.2, 0.25) is 5.91 Å². The van der Waals surface area contributed by atoms with E-state index in [-0.39, 0.29) is 35.9 Å². The first-order valence-corrected chi connectivity index (χ1v) is 13.4. The molecule has 0 spiro atoms. The highest BCUT2D eigenvalue weighted by Crippen LogP contribution is 2.39. The largest absolute Gasteiger partial charge is 0.393 e. The van der Waals surface area contributed by atoms with Crippen LogP contribution in [-0.4, -0.2) is 40.7 Å². The van der Waals surface area contributed by atoms with Crippen molar-refractivity contribution in [1.29, 1.82) is 0 Å². The van der Waals surface area contributed by atoms with E-state index in [9.17, 15) is 19.8 Å². The summed E-state index contributed by atoms with van der Waals surface area (Å²) >= 11 is 0. The second-order valence-electron chi connectivity index (χ2n) is 10.6. The van der Waals surface area contributed by atoms with Crippen LogP contribution in [0.2, 0.25) is 0 Å². The number of carbonyl (C=O) groups is 2. The number of nitrogens with one attached hydrogen (secondary N) is 1. The van der Waals surface area contributed by atoms with Crippen molar-refractivity contribution in [3.05, 3.63) is 36.5 Å². The quantitative estimate of drug-likeness (QED) is 0.198. The van der Waals surface area contributed by atoms with E-state index in [2.05, 4.69) is 11.9 Å². The number of hydrogen-bond donors (Lipinski definition) is 3. The summed E-state index contributed by atoms with van der Waals surface area (Å²) in [6, 6.07) is 0. The Labute approximate surface area is 206 Å². The molecule has 5 unspecified atom stereocenters. The molecular formula is C29H47NO4. The molecule has 5 heteroatoms. The number of unbranched alkanes of at least 4 members (excludes halogenated alkanes) is 3. The van der Waals surface area contributed by atoms with Crippen molar-refractivity contribution in [2.45, 2.75) is 103 Å². The van der Waals surface area contributed by atoms with Crippen molar-refractivity contribution < 1.29 is 19.8 Å². The van der Waals surface area contributed by atoms with Crippen LogP contribution in [0, 0.1) is 23.7 Å². The number of aliphatic hydroxyl groups excluding tert-OH is 2. The number of ketones is 1. The van der Waals surface area contributed by atoms with Crippen molar-refractivity contribution in [3.8, 4) is 0 Å². The number of Topliss-reactive ketones (excluding diaryl/α,β-unsaturated/α-hetero) is 1. The van der Waals surface area contributed by atoms with E-state index < -0.39 is 12.2 Å². The number of rotatable bonds is 17. The Morgan fingerprint density at radius 2 is 1.91 bits per heavy atom. The van der Waals surface area contributed by atoms with Crippen LogP contribution in [0.3, 0.4) is 0 Å². The summed E-state index contributed by atoms with van der Waals surface area (Å²) in [7, 11) is 0. The maximum atomic E-state index is 12.6. The van der Waals surface area contributed by atoms with Crippen molar-refractivity contribution in [3.63, 3.8) is 0 Å². The normalized spacial score (nSPS) is 24.7. The van der Waals surface area contributed by atoms with Gasteiger partial charge in [-0.2, -0.15) is 0 Å². The van der Waals surface area contributed by atoms with Gasteiger partial charge in [0.1, 0.15) is 5.78 Å². The van der Waals surface area contributed by atoms with Crippen LogP contribution in [0.15, 0.2) is 36.5 Å². The smallest absolute Gasteiger partial charge is 0.220 e. The highest BCUT2D eigenvalue weighted by molar-refractivity contribution is 5.84. The van der Waals surface area contributed by atoms with E-state index in [1.165, 1.54) is 12.8 Å². The molecule has 2 saturated carbocycles. The highest BCUT2D eigenvalue weighted by Gasteiger charge is 2.43. The Morgan fingerprint density at radius 1 is 1.18 bits per heavy atom. The molecule has 2 rings (SSSR count). The van der Waals surface area contributed by atoms with Gasteiger partial charge in [0.05, 0.1) is 12.2 Å². The molecule has 0 aromatic rings. The fourth-order valence-electron chi connectivity index (χ4n) is 5.20. The maximum Gasteiger partial charge on any atom is 0.220 e. The number of carbonyl (C=O) groups excluding carboxylic acids is 2. The summed E-state index contributed by atoms with van der Waals surface area (Å²) < 4.78 is 0. The maximum absolute atomic E-state index is 12.6. The second kappa shape index (κ2) is 15.3. The molecule has 2 aliphatic carbocycles. The molecule has 34 heavy (non-hydrogen) atoms.